The normalized spacial score (nSPS) is 23.4. The first-order valence-electron chi connectivity index (χ1n) is 21.2. The van der Waals surface area contributed by atoms with Crippen LogP contribution in [0.5, 0.6) is 11.5 Å². The van der Waals surface area contributed by atoms with Crippen LogP contribution in [0.3, 0.4) is 0 Å². The van der Waals surface area contributed by atoms with Gasteiger partial charge in [-0.1, -0.05) is 32.8 Å². The van der Waals surface area contributed by atoms with Crippen LogP contribution in [0.2, 0.25) is 0 Å². The molecule has 1 saturated heterocycles. The second kappa shape index (κ2) is 18.9. The lowest BCUT2D eigenvalue weighted by Gasteiger charge is -2.62. The first-order chi connectivity index (χ1) is 28.7. The number of carbonyl (C=O) groups excluding carboxylic acids is 6. The molecule has 2 aliphatic heterocycles. The SMILES string of the molecule is CCCCOC(=O)[C@H](CC(=O)OC1=CC[C@@]2(OC(=O)C[C@H](NC(=O)OC(C)(C)C)C(=O)OCCCC)[C@H]3Cc4ccc(OC)c5c4[C@@]2(CCN3C)[C@H]1O5)NC(=O)OC(C)(C)C. The van der Waals surface area contributed by atoms with Gasteiger partial charge in [0.05, 0.1) is 44.6 Å². The topological polar surface area (TPSA) is 204 Å². The second-order valence-electron chi connectivity index (χ2n) is 18.0. The van der Waals surface area contributed by atoms with Crippen LogP contribution in [-0.2, 0) is 59.4 Å². The molecule has 338 valence electrons. The van der Waals surface area contributed by atoms with E-state index in [1.54, 1.807) is 53.7 Å². The highest BCUT2D eigenvalue weighted by molar-refractivity contribution is 5.88. The van der Waals surface area contributed by atoms with Gasteiger partial charge in [0, 0.05) is 12.0 Å². The highest BCUT2D eigenvalue weighted by Crippen LogP contribution is 2.66. The molecule has 2 N–H and O–H groups in total. The Morgan fingerprint density at radius 2 is 1.41 bits per heavy atom. The van der Waals surface area contributed by atoms with Crippen LogP contribution in [0.25, 0.3) is 0 Å². The fourth-order valence-electron chi connectivity index (χ4n) is 8.63. The number of hydrogen-bond acceptors (Lipinski definition) is 15. The van der Waals surface area contributed by atoms with Gasteiger partial charge in [0.2, 0.25) is 0 Å². The Morgan fingerprint density at radius 1 is 0.852 bits per heavy atom. The van der Waals surface area contributed by atoms with E-state index in [1.165, 1.54) is 7.11 Å². The number of unbranched alkanes of at least 4 members (excludes halogenated alkanes) is 2. The molecule has 0 unspecified atom stereocenters. The van der Waals surface area contributed by atoms with Gasteiger partial charge in [-0.3, -0.25) is 14.5 Å². The summed E-state index contributed by atoms with van der Waals surface area (Å²) < 4.78 is 46.9. The van der Waals surface area contributed by atoms with E-state index in [1.807, 2.05) is 27.0 Å². The van der Waals surface area contributed by atoms with Crippen molar-refractivity contribution in [3.8, 4) is 11.5 Å². The molecule has 4 aliphatic rings. The van der Waals surface area contributed by atoms with Crippen molar-refractivity contribution in [1.82, 2.24) is 15.5 Å². The second-order valence-corrected chi connectivity index (χ2v) is 18.0. The minimum absolute atomic E-state index is 0.0655. The van der Waals surface area contributed by atoms with Gasteiger partial charge in [-0.2, -0.15) is 0 Å². The van der Waals surface area contributed by atoms with Gasteiger partial charge in [-0.25, -0.2) is 19.2 Å². The fourth-order valence-corrected chi connectivity index (χ4v) is 8.63. The number of amides is 2. The Morgan fingerprint density at radius 3 is 1.93 bits per heavy atom. The van der Waals surface area contributed by atoms with E-state index in [-0.39, 0.29) is 25.4 Å². The number of esters is 4. The number of piperidine rings is 1. The number of likely N-dealkylation sites (tertiary alicyclic amines) is 1. The zero-order valence-corrected chi connectivity index (χ0v) is 37.2. The molecule has 1 spiro atoms. The number of likely N-dealkylation sites (N-methyl/N-ethyl adjacent to an activating group) is 1. The molecule has 1 aromatic carbocycles. The fraction of sp³-hybridized carbons (Fsp3) is 0.682. The van der Waals surface area contributed by atoms with Crippen molar-refractivity contribution in [2.24, 2.45) is 0 Å². The molecular weight excluding hydrogens is 794 g/mol. The standard InChI is InChI=1S/C44H63N3O14/c1-11-13-21-55-37(50)27(45-39(52)60-41(3,4)5)24-32(48)57-30-17-18-44(59-33(49)25-28(38(51)56-22-14-12-2)46-40(53)61-42(6,7)8)31-23-26-15-16-29(54-10)35-34(26)43(44,36(30)58-35)19-20-47(31)9/h15-17,27-28,31,36H,11-14,18-25H2,1-10H3,(H,45,52)(H,46,53)/t27-,28-,31+,36-,43-,44+/m0/s1. The first kappa shape index (κ1) is 47.0. The van der Waals surface area contributed by atoms with Crippen molar-refractivity contribution in [3.05, 3.63) is 35.1 Å². The van der Waals surface area contributed by atoms with Gasteiger partial charge in [0.15, 0.2) is 17.6 Å². The van der Waals surface area contributed by atoms with Crippen LogP contribution < -0.4 is 20.1 Å². The maximum atomic E-state index is 14.4. The molecule has 0 radical (unpaired) electrons. The molecule has 0 aromatic heterocycles. The van der Waals surface area contributed by atoms with E-state index < -0.39 is 95.4 Å². The number of nitrogens with one attached hydrogen (secondary N) is 2. The zero-order chi connectivity index (χ0) is 44.9. The van der Waals surface area contributed by atoms with E-state index in [0.717, 1.165) is 24.0 Å². The van der Waals surface area contributed by atoms with E-state index in [4.69, 9.17) is 37.9 Å². The summed E-state index contributed by atoms with van der Waals surface area (Å²) in [5.41, 5.74) is -2.50. The van der Waals surface area contributed by atoms with Crippen LogP contribution in [0.15, 0.2) is 24.0 Å². The van der Waals surface area contributed by atoms with E-state index >= 15 is 0 Å². The Balaban J connectivity index is 1.49. The molecule has 2 amide bonds. The average Bonchev–Trinajstić information content (AvgIpc) is 3.51. The predicted molar refractivity (Wildman–Crippen MR) is 219 cm³/mol. The van der Waals surface area contributed by atoms with Crippen molar-refractivity contribution in [2.45, 2.75) is 160 Å². The number of methoxy groups -OCH3 is 1. The third-order valence-electron chi connectivity index (χ3n) is 11.2. The quantitative estimate of drug-likeness (QED) is 0.116. The third-order valence-corrected chi connectivity index (χ3v) is 11.2. The molecule has 61 heavy (non-hydrogen) atoms. The molecule has 17 heteroatoms. The lowest BCUT2D eigenvalue weighted by Crippen LogP contribution is -2.75. The van der Waals surface area contributed by atoms with Crippen LogP contribution in [0, 0.1) is 0 Å². The largest absolute Gasteiger partial charge is 0.493 e. The Hall–Kier alpha value is -5.06. The van der Waals surface area contributed by atoms with Crippen LogP contribution in [-0.4, -0.2) is 116 Å². The minimum Gasteiger partial charge on any atom is -0.493 e. The summed E-state index contributed by atoms with van der Waals surface area (Å²) in [7, 11) is 3.46. The van der Waals surface area contributed by atoms with Crippen molar-refractivity contribution in [3.63, 3.8) is 0 Å². The molecule has 1 aromatic rings. The summed E-state index contributed by atoms with van der Waals surface area (Å²) in [4.78, 5) is 82.6. The monoisotopic (exact) mass is 857 g/mol. The Labute approximate surface area is 357 Å². The van der Waals surface area contributed by atoms with Gasteiger partial charge >= 0.3 is 36.1 Å². The molecule has 1 fully saturated rings. The highest BCUT2D eigenvalue weighted by atomic mass is 16.6. The molecule has 2 heterocycles. The smallest absolute Gasteiger partial charge is 0.408 e. The van der Waals surface area contributed by atoms with Gasteiger partial charge < -0.3 is 48.5 Å². The van der Waals surface area contributed by atoms with E-state index in [2.05, 4.69) is 15.5 Å². The lowest BCUT2D eigenvalue weighted by atomic mass is 9.50. The first-order valence-corrected chi connectivity index (χ1v) is 21.2. The molecule has 2 bridgehead atoms. The zero-order valence-electron chi connectivity index (χ0n) is 37.2. The van der Waals surface area contributed by atoms with E-state index in [9.17, 15) is 28.8 Å². The highest BCUT2D eigenvalue weighted by Gasteiger charge is 2.74. The summed E-state index contributed by atoms with van der Waals surface area (Å²) in [5.74, 6) is -2.28. The maximum Gasteiger partial charge on any atom is 0.408 e. The van der Waals surface area contributed by atoms with Crippen molar-refractivity contribution < 1.29 is 66.7 Å². The maximum absolute atomic E-state index is 14.4. The lowest BCUT2D eigenvalue weighted by molar-refractivity contribution is -0.207. The molecule has 2 aliphatic carbocycles. The van der Waals surface area contributed by atoms with Crippen LogP contribution in [0.4, 0.5) is 9.59 Å². The number of ether oxygens (including phenoxy) is 8. The number of hydrogen-bond donors (Lipinski definition) is 2. The average molecular weight is 858 g/mol. The molecule has 5 rings (SSSR count). The number of nitrogens with zero attached hydrogens (tertiary/aromatic N) is 1. The van der Waals surface area contributed by atoms with Crippen LogP contribution >= 0.6 is 0 Å². The summed E-state index contributed by atoms with van der Waals surface area (Å²) in [6, 6.07) is 0.524. The summed E-state index contributed by atoms with van der Waals surface area (Å²) in [6.45, 7) is 14.7. The van der Waals surface area contributed by atoms with Crippen molar-refractivity contribution in [2.75, 3.05) is 33.9 Å². The van der Waals surface area contributed by atoms with Gasteiger partial charge in [-0.05, 0) is 98.5 Å². The van der Waals surface area contributed by atoms with Gasteiger partial charge in [0.25, 0.3) is 0 Å². The number of carbonyl (C=O) groups is 6. The van der Waals surface area contributed by atoms with Gasteiger partial charge in [0.1, 0.15) is 34.6 Å². The van der Waals surface area contributed by atoms with Crippen LogP contribution in [0.1, 0.15) is 118 Å². The predicted octanol–water partition coefficient (Wildman–Crippen LogP) is 5.32. The molecule has 6 atom stereocenters. The van der Waals surface area contributed by atoms with Gasteiger partial charge in [-0.15, -0.1) is 0 Å². The summed E-state index contributed by atoms with van der Waals surface area (Å²) in [6.07, 6.45) is 1.29. The molecule has 0 saturated carbocycles. The summed E-state index contributed by atoms with van der Waals surface area (Å²) >= 11 is 0. The minimum atomic E-state index is -1.42. The summed E-state index contributed by atoms with van der Waals surface area (Å²) in [5, 5.41) is 4.97. The number of benzene rings is 1. The molecular formula is C44H63N3O14. The van der Waals surface area contributed by atoms with Crippen molar-refractivity contribution >= 4 is 36.1 Å². The van der Waals surface area contributed by atoms with E-state index in [0.29, 0.717) is 43.7 Å². The number of rotatable bonds is 17. The third kappa shape index (κ3) is 10.4. The van der Waals surface area contributed by atoms with Crippen molar-refractivity contribution in [1.29, 1.82) is 0 Å². The molecule has 17 nitrogen and oxygen atoms in total. The number of alkyl carbamates (subject to hydrolysis) is 2. The Kier molecular flexibility index (Phi) is 14.6. The Bertz CT molecular complexity index is 1870.